The lowest BCUT2D eigenvalue weighted by Crippen LogP contribution is -2.47. The lowest BCUT2D eigenvalue weighted by Gasteiger charge is -2.33. The maximum Gasteiger partial charge on any atom is 0.330 e. The summed E-state index contributed by atoms with van der Waals surface area (Å²) in [6, 6.07) is 9.13. The van der Waals surface area contributed by atoms with Gasteiger partial charge in [0.1, 0.15) is 16.7 Å². The number of fused-ring (bicyclic) bond motifs is 1. The highest BCUT2D eigenvalue weighted by molar-refractivity contribution is 8.00. The van der Waals surface area contributed by atoms with Crippen LogP contribution in [0.3, 0.4) is 0 Å². The molecule has 2 saturated heterocycles. The molecule has 7 heteroatoms. The molecule has 0 radical (unpaired) electrons. The van der Waals surface area contributed by atoms with Gasteiger partial charge in [-0.05, 0) is 56.0 Å². The van der Waals surface area contributed by atoms with Gasteiger partial charge in [-0.1, -0.05) is 29.8 Å². The molecule has 2 aromatic rings. The Kier molecular flexibility index (Phi) is 5.64. The maximum atomic E-state index is 13.4. The zero-order valence-corrected chi connectivity index (χ0v) is 18.6. The van der Waals surface area contributed by atoms with Gasteiger partial charge in [0.25, 0.3) is 0 Å². The number of amides is 1. The van der Waals surface area contributed by atoms with Gasteiger partial charge in [0, 0.05) is 17.7 Å². The quantitative estimate of drug-likeness (QED) is 0.517. The molecule has 0 N–H and O–H groups in total. The van der Waals surface area contributed by atoms with Gasteiger partial charge in [-0.3, -0.25) is 9.59 Å². The van der Waals surface area contributed by atoms with Crippen LogP contribution in [0.25, 0.3) is 0 Å². The van der Waals surface area contributed by atoms with E-state index in [0.717, 1.165) is 22.3 Å². The van der Waals surface area contributed by atoms with Gasteiger partial charge in [0.05, 0.1) is 0 Å². The van der Waals surface area contributed by atoms with Gasteiger partial charge in [0.2, 0.25) is 11.7 Å². The number of carbonyl (C=O) groups is 3. The largest absolute Gasteiger partial charge is 0.456 e. The Hall–Kier alpha value is -2.67. The molecule has 162 valence electrons. The molecule has 0 spiro atoms. The topological polar surface area (TPSA) is 63.7 Å². The number of benzene rings is 2. The molecule has 2 atom stereocenters. The summed E-state index contributed by atoms with van der Waals surface area (Å²) in [5.74, 6) is -0.948. The zero-order valence-electron chi connectivity index (χ0n) is 17.7. The predicted molar refractivity (Wildman–Crippen MR) is 116 cm³/mol. The van der Waals surface area contributed by atoms with Crippen molar-refractivity contribution in [3.63, 3.8) is 0 Å². The first-order valence-electron chi connectivity index (χ1n) is 10.2. The van der Waals surface area contributed by atoms with Crippen molar-refractivity contribution in [2.75, 3.05) is 12.4 Å². The second-order valence-electron chi connectivity index (χ2n) is 8.19. The van der Waals surface area contributed by atoms with Crippen LogP contribution in [0.4, 0.5) is 4.39 Å². The van der Waals surface area contributed by atoms with Gasteiger partial charge in [-0.2, -0.15) is 0 Å². The summed E-state index contributed by atoms with van der Waals surface area (Å²) in [6.07, 6.45) is 0.863. The number of halogens is 1. The van der Waals surface area contributed by atoms with Crippen LogP contribution in [0.1, 0.15) is 45.5 Å². The second kappa shape index (κ2) is 8.11. The first-order chi connectivity index (χ1) is 14.7. The lowest BCUT2D eigenvalue weighted by molar-refractivity contribution is -0.152. The van der Waals surface area contributed by atoms with E-state index < -0.39 is 16.9 Å². The molecule has 2 heterocycles. The molecule has 0 unspecified atom stereocenters. The van der Waals surface area contributed by atoms with Crippen LogP contribution in [0.5, 0.6) is 0 Å². The molecule has 0 aromatic heterocycles. The smallest absolute Gasteiger partial charge is 0.330 e. The Morgan fingerprint density at radius 3 is 2.45 bits per heavy atom. The standard InChI is InChI=1S/C24H24FNO4S/c1-14-10-15(2)22(16(3)11-14)20(27)12-30-23(29)19-13-31-24(9-8-21(28)26(19)24)17-4-6-18(25)7-5-17/h4-7,10-11,19H,8-9,12-13H2,1-3H3/t19-,24-/m1/s1. The molecule has 1 amide bonds. The van der Waals surface area contributed by atoms with E-state index in [9.17, 15) is 18.8 Å². The van der Waals surface area contributed by atoms with Gasteiger partial charge in [0.15, 0.2) is 6.61 Å². The minimum atomic E-state index is -0.766. The van der Waals surface area contributed by atoms with E-state index in [1.807, 2.05) is 32.9 Å². The van der Waals surface area contributed by atoms with E-state index in [4.69, 9.17) is 4.74 Å². The van der Waals surface area contributed by atoms with Crippen LogP contribution in [0.15, 0.2) is 36.4 Å². The van der Waals surface area contributed by atoms with Crippen molar-refractivity contribution in [1.82, 2.24) is 4.90 Å². The number of ketones is 1. The fourth-order valence-electron chi connectivity index (χ4n) is 4.75. The molecule has 0 saturated carbocycles. The van der Waals surface area contributed by atoms with E-state index in [0.29, 0.717) is 24.2 Å². The number of rotatable bonds is 5. The first kappa shape index (κ1) is 21.6. The minimum absolute atomic E-state index is 0.132. The minimum Gasteiger partial charge on any atom is -0.456 e. The first-order valence-corrected chi connectivity index (χ1v) is 11.2. The highest BCUT2D eigenvalue weighted by atomic mass is 32.2. The summed E-state index contributed by atoms with van der Waals surface area (Å²) in [4.78, 5) is 39.1. The van der Waals surface area contributed by atoms with Crippen molar-refractivity contribution in [3.8, 4) is 0 Å². The third-order valence-electron chi connectivity index (χ3n) is 6.00. The van der Waals surface area contributed by atoms with Crippen molar-refractivity contribution in [1.29, 1.82) is 0 Å². The number of ether oxygens (including phenoxy) is 1. The molecule has 2 aliphatic rings. The summed E-state index contributed by atoms with van der Waals surface area (Å²) in [6.45, 7) is 5.33. The summed E-state index contributed by atoms with van der Waals surface area (Å²) >= 11 is 1.49. The summed E-state index contributed by atoms with van der Waals surface area (Å²) in [7, 11) is 0. The lowest BCUT2D eigenvalue weighted by atomic mass is 9.97. The van der Waals surface area contributed by atoms with Crippen molar-refractivity contribution >= 4 is 29.4 Å². The predicted octanol–water partition coefficient (Wildman–Crippen LogP) is 4.07. The van der Waals surface area contributed by atoms with Crippen LogP contribution >= 0.6 is 11.8 Å². The number of carbonyl (C=O) groups excluding carboxylic acids is 3. The summed E-state index contributed by atoms with van der Waals surface area (Å²) in [5, 5.41) is 0. The average Bonchev–Trinajstić information content (AvgIpc) is 3.25. The maximum absolute atomic E-state index is 13.4. The third kappa shape index (κ3) is 3.76. The van der Waals surface area contributed by atoms with Gasteiger partial charge in [-0.15, -0.1) is 11.8 Å². The highest BCUT2D eigenvalue weighted by Gasteiger charge is 2.57. The third-order valence-corrected chi connectivity index (χ3v) is 7.59. The van der Waals surface area contributed by atoms with Gasteiger partial charge in [-0.25, -0.2) is 9.18 Å². The van der Waals surface area contributed by atoms with Crippen LogP contribution in [-0.2, 0) is 19.2 Å². The Bertz CT molecular complexity index is 1040. The van der Waals surface area contributed by atoms with Gasteiger partial charge >= 0.3 is 5.97 Å². The van der Waals surface area contributed by atoms with Crippen molar-refractivity contribution in [2.24, 2.45) is 0 Å². The van der Waals surface area contributed by atoms with Crippen LogP contribution < -0.4 is 0 Å². The highest BCUT2D eigenvalue weighted by Crippen LogP contribution is 2.54. The number of nitrogens with zero attached hydrogens (tertiary/aromatic N) is 1. The Morgan fingerprint density at radius 2 is 1.81 bits per heavy atom. The molecule has 4 rings (SSSR count). The molecule has 31 heavy (non-hydrogen) atoms. The number of thioether (sulfide) groups is 1. The van der Waals surface area contributed by atoms with E-state index >= 15 is 0 Å². The molecular weight excluding hydrogens is 417 g/mol. The molecular formula is C24H24FNO4S. The van der Waals surface area contributed by atoms with E-state index in [-0.39, 0.29) is 24.1 Å². The Labute approximate surface area is 185 Å². The van der Waals surface area contributed by atoms with E-state index in [1.165, 1.54) is 23.9 Å². The fraction of sp³-hybridized carbons (Fsp3) is 0.375. The molecule has 2 aliphatic heterocycles. The SMILES string of the molecule is Cc1cc(C)c(C(=O)COC(=O)[C@H]2CS[C@@]3(c4ccc(F)cc4)CCC(=O)N23)c(C)c1. The summed E-state index contributed by atoms with van der Waals surface area (Å²) < 4.78 is 18.8. The molecule has 2 aromatic carbocycles. The molecule has 0 aliphatic carbocycles. The number of Topliss-reactive ketones (excluding diaryl/α,β-unsaturated/α-hetero) is 1. The van der Waals surface area contributed by atoms with Crippen molar-refractivity contribution in [3.05, 3.63) is 70.0 Å². The fourth-order valence-corrected chi connectivity index (χ4v) is 6.39. The van der Waals surface area contributed by atoms with Crippen LogP contribution in [-0.4, -0.2) is 41.0 Å². The second-order valence-corrected chi connectivity index (χ2v) is 9.48. The van der Waals surface area contributed by atoms with Gasteiger partial charge < -0.3 is 9.64 Å². The Balaban J connectivity index is 1.50. The van der Waals surface area contributed by atoms with Crippen molar-refractivity contribution < 1.29 is 23.5 Å². The molecule has 5 nitrogen and oxygen atoms in total. The average molecular weight is 442 g/mol. The monoisotopic (exact) mass is 441 g/mol. The van der Waals surface area contributed by atoms with E-state index in [1.54, 1.807) is 17.0 Å². The zero-order chi connectivity index (χ0) is 22.3. The number of esters is 1. The normalized spacial score (nSPS) is 22.5. The molecule has 2 fully saturated rings. The van der Waals surface area contributed by atoms with Crippen molar-refractivity contribution in [2.45, 2.75) is 44.5 Å². The van der Waals surface area contributed by atoms with Crippen LogP contribution in [0.2, 0.25) is 0 Å². The summed E-state index contributed by atoms with van der Waals surface area (Å²) in [5.41, 5.74) is 4.12. The van der Waals surface area contributed by atoms with Crippen LogP contribution in [0, 0.1) is 26.6 Å². The number of hydrogen-bond acceptors (Lipinski definition) is 5. The number of aryl methyl sites for hydroxylation is 3. The Morgan fingerprint density at radius 1 is 1.16 bits per heavy atom. The number of hydrogen-bond donors (Lipinski definition) is 0. The molecule has 0 bridgehead atoms. The van der Waals surface area contributed by atoms with E-state index in [2.05, 4.69) is 0 Å².